The number of rotatable bonds is 4. The Morgan fingerprint density at radius 2 is 2.13 bits per heavy atom. The fourth-order valence-corrected chi connectivity index (χ4v) is 4.19. The molecule has 6 heteroatoms. The van der Waals surface area contributed by atoms with Gasteiger partial charge >= 0.3 is 0 Å². The summed E-state index contributed by atoms with van der Waals surface area (Å²) >= 11 is 5.95. The molecule has 1 aromatic heterocycles. The van der Waals surface area contributed by atoms with Crippen LogP contribution in [-0.4, -0.2) is 61.5 Å². The van der Waals surface area contributed by atoms with Gasteiger partial charge in [-0.2, -0.15) is 0 Å². The van der Waals surface area contributed by atoms with Crippen molar-refractivity contribution in [3.8, 4) is 5.75 Å². The fraction of sp³-hybridized carbons (Fsp3) is 0.706. The standard InChI is InChI=1S/C17H23ClN2O3/c18-13-5-15(7-19-6-13)22-10-12-11-23-17-9-20(8-16(12)17)14-1-3-21-4-2-14/h5-7,12,14,16-17H,1-4,8-11H2/t12-,16-,17-/m1/s1. The molecule has 0 N–H and O–H groups in total. The number of pyridine rings is 1. The average Bonchev–Trinajstić information content (AvgIpc) is 3.15. The van der Waals surface area contributed by atoms with E-state index in [4.69, 9.17) is 25.8 Å². The van der Waals surface area contributed by atoms with Crippen molar-refractivity contribution in [2.75, 3.05) is 39.5 Å². The van der Waals surface area contributed by atoms with Gasteiger partial charge in [-0.3, -0.25) is 9.88 Å². The highest BCUT2D eigenvalue weighted by molar-refractivity contribution is 6.30. The molecule has 0 spiro atoms. The van der Waals surface area contributed by atoms with Gasteiger partial charge in [-0.25, -0.2) is 0 Å². The van der Waals surface area contributed by atoms with Gasteiger partial charge in [0, 0.05) is 56.4 Å². The van der Waals surface area contributed by atoms with Crippen molar-refractivity contribution in [3.63, 3.8) is 0 Å². The molecule has 5 nitrogen and oxygen atoms in total. The van der Waals surface area contributed by atoms with Crippen LogP contribution in [0, 0.1) is 11.8 Å². The molecule has 0 aromatic carbocycles. The summed E-state index contributed by atoms with van der Waals surface area (Å²) in [5.41, 5.74) is 0. The van der Waals surface area contributed by atoms with Gasteiger partial charge < -0.3 is 14.2 Å². The Balaban J connectivity index is 1.32. The second kappa shape index (κ2) is 6.93. The SMILES string of the molecule is Clc1cncc(OC[C@@H]2CO[C@@H]3CN(C4CCOCC4)C[C@H]23)c1. The van der Waals surface area contributed by atoms with Gasteiger partial charge in [-0.05, 0) is 12.8 Å². The lowest BCUT2D eigenvalue weighted by molar-refractivity contribution is 0.0270. The molecule has 3 atom stereocenters. The molecule has 3 saturated heterocycles. The highest BCUT2D eigenvalue weighted by Crippen LogP contribution is 2.36. The van der Waals surface area contributed by atoms with Gasteiger partial charge in [-0.15, -0.1) is 0 Å². The fourth-order valence-electron chi connectivity index (χ4n) is 4.02. The number of ether oxygens (including phenoxy) is 3. The molecule has 3 aliphatic rings. The summed E-state index contributed by atoms with van der Waals surface area (Å²) in [7, 11) is 0. The lowest BCUT2D eigenvalue weighted by Crippen LogP contribution is -2.39. The summed E-state index contributed by atoms with van der Waals surface area (Å²) < 4.78 is 17.4. The first-order valence-electron chi connectivity index (χ1n) is 8.46. The topological polar surface area (TPSA) is 43.8 Å². The van der Waals surface area contributed by atoms with Gasteiger partial charge in [0.05, 0.1) is 30.5 Å². The van der Waals surface area contributed by atoms with Crippen molar-refractivity contribution in [3.05, 3.63) is 23.5 Å². The number of halogens is 1. The lowest BCUT2D eigenvalue weighted by Gasteiger charge is -2.31. The summed E-state index contributed by atoms with van der Waals surface area (Å²) in [6, 6.07) is 2.47. The molecule has 3 aliphatic heterocycles. The van der Waals surface area contributed by atoms with Crippen LogP contribution in [-0.2, 0) is 9.47 Å². The zero-order chi connectivity index (χ0) is 15.6. The van der Waals surface area contributed by atoms with Crippen LogP contribution in [0.25, 0.3) is 0 Å². The van der Waals surface area contributed by atoms with Crippen LogP contribution in [0.5, 0.6) is 5.75 Å². The van der Waals surface area contributed by atoms with E-state index in [0.717, 1.165) is 51.5 Å². The molecule has 1 aromatic rings. The number of hydrogen-bond acceptors (Lipinski definition) is 5. The summed E-state index contributed by atoms with van der Waals surface area (Å²) in [6.07, 6.45) is 5.99. The Labute approximate surface area is 141 Å². The van der Waals surface area contributed by atoms with Gasteiger partial charge in [0.15, 0.2) is 0 Å². The number of likely N-dealkylation sites (tertiary alicyclic amines) is 1. The van der Waals surface area contributed by atoms with Crippen LogP contribution in [0.4, 0.5) is 0 Å². The van der Waals surface area contributed by atoms with E-state index < -0.39 is 0 Å². The lowest BCUT2D eigenvalue weighted by atomic mass is 9.94. The van der Waals surface area contributed by atoms with Crippen molar-refractivity contribution in [2.24, 2.45) is 11.8 Å². The molecule has 4 rings (SSSR count). The third-order valence-corrected chi connectivity index (χ3v) is 5.52. The number of hydrogen-bond donors (Lipinski definition) is 0. The number of nitrogens with zero attached hydrogens (tertiary/aromatic N) is 2. The van der Waals surface area contributed by atoms with Crippen LogP contribution in [0.1, 0.15) is 12.8 Å². The van der Waals surface area contributed by atoms with Crippen molar-refractivity contribution in [1.82, 2.24) is 9.88 Å². The molecule has 0 aliphatic carbocycles. The predicted molar refractivity (Wildman–Crippen MR) is 86.9 cm³/mol. The zero-order valence-corrected chi connectivity index (χ0v) is 14.0. The zero-order valence-electron chi connectivity index (χ0n) is 13.2. The average molecular weight is 339 g/mol. The van der Waals surface area contributed by atoms with Gasteiger partial charge in [0.2, 0.25) is 0 Å². The Bertz CT molecular complexity index is 538. The van der Waals surface area contributed by atoms with Gasteiger partial charge in [0.1, 0.15) is 5.75 Å². The monoisotopic (exact) mass is 338 g/mol. The van der Waals surface area contributed by atoms with E-state index in [-0.39, 0.29) is 0 Å². The van der Waals surface area contributed by atoms with Crippen molar-refractivity contribution in [1.29, 1.82) is 0 Å². The van der Waals surface area contributed by atoms with E-state index in [0.29, 0.717) is 35.6 Å². The molecule has 0 amide bonds. The molecule has 4 heterocycles. The van der Waals surface area contributed by atoms with Gasteiger partial charge in [-0.1, -0.05) is 11.6 Å². The van der Waals surface area contributed by atoms with E-state index in [9.17, 15) is 0 Å². The normalized spacial score (nSPS) is 32.1. The highest BCUT2D eigenvalue weighted by atomic mass is 35.5. The number of aromatic nitrogens is 1. The molecule has 0 saturated carbocycles. The minimum absolute atomic E-state index is 0.365. The molecule has 0 radical (unpaired) electrons. The first-order chi connectivity index (χ1) is 11.3. The summed E-state index contributed by atoms with van der Waals surface area (Å²) in [4.78, 5) is 6.66. The summed E-state index contributed by atoms with van der Waals surface area (Å²) in [6.45, 7) is 5.44. The summed E-state index contributed by atoms with van der Waals surface area (Å²) in [5.74, 6) is 1.76. The van der Waals surface area contributed by atoms with Crippen LogP contribution < -0.4 is 4.74 Å². The Morgan fingerprint density at radius 3 is 2.96 bits per heavy atom. The Morgan fingerprint density at radius 1 is 1.26 bits per heavy atom. The molecule has 126 valence electrons. The molecular weight excluding hydrogens is 316 g/mol. The van der Waals surface area contributed by atoms with Crippen molar-refractivity contribution >= 4 is 11.6 Å². The van der Waals surface area contributed by atoms with Crippen molar-refractivity contribution < 1.29 is 14.2 Å². The largest absolute Gasteiger partial charge is 0.492 e. The first-order valence-corrected chi connectivity index (χ1v) is 8.84. The van der Waals surface area contributed by atoms with E-state index in [1.807, 2.05) is 6.07 Å². The van der Waals surface area contributed by atoms with Crippen LogP contribution in [0.3, 0.4) is 0 Å². The predicted octanol–water partition coefficient (Wildman–Crippen LogP) is 2.24. The molecule has 23 heavy (non-hydrogen) atoms. The van der Waals surface area contributed by atoms with Crippen LogP contribution in [0.15, 0.2) is 18.5 Å². The quantitative estimate of drug-likeness (QED) is 0.842. The maximum atomic E-state index is 6.03. The smallest absolute Gasteiger partial charge is 0.139 e. The molecular formula is C17H23ClN2O3. The Hall–Kier alpha value is -0.880. The van der Waals surface area contributed by atoms with E-state index in [2.05, 4.69) is 9.88 Å². The van der Waals surface area contributed by atoms with E-state index >= 15 is 0 Å². The third-order valence-electron chi connectivity index (χ3n) is 5.32. The van der Waals surface area contributed by atoms with E-state index in [1.165, 1.54) is 0 Å². The molecule has 3 fully saturated rings. The highest BCUT2D eigenvalue weighted by Gasteiger charge is 2.45. The number of fused-ring (bicyclic) bond motifs is 1. The second-order valence-corrected chi connectivity index (χ2v) is 7.18. The summed E-state index contributed by atoms with van der Waals surface area (Å²) in [5, 5.41) is 0.606. The second-order valence-electron chi connectivity index (χ2n) is 6.74. The van der Waals surface area contributed by atoms with E-state index in [1.54, 1.807) is 12.4 Å². The molecule has 0 bridgehead atoms. The van der Waals surface area contributed by atoms with Crippen LogP contribution >= 0.6 is 11.6 Å². The minimum Gasteiger partial charge on any atom is -0.492 e. The maximum Gasteiger partial charge on any atom is 0.139 e. The maximum absolute atomic E-state index is 6.03. The van der Waals surface area contributed by atoms with Gasteiger partial charge in [0.25, 0.3) is 0 Å². The molecule has 0 unspecified atom stereocenters. The Kier molecular flexibility index (Phi) is 4.71. The third kappa shape index (κ3) is 3.48. The first kappa shape index (κ1) is 15.6. The minimum atomic E-state index is 0.365. The van der Waals surface area contributed by atoms with Crippen LogP contribution in [0.2, 0.25) is 5.02 Å². The van der Waals surface area contributed by atoms with Crippen molar-refractivity contribution in [2.45, 2.75) is 25.0 Å².